The molecule has 0 aliphatic rings. The number of nitrogens with two attached hydrogens (primary N) is 1. The van der Waals surface area contributed by atoms with Crippen molar-refractivity contribution in [3.8, 4) is 5.75 Å². The summed E-state index contributed by atoms with van der Waals surface area (Å²) >= 11 is 5.98. The number of para-hydroxylation sites is 1. The van der Waals surface area contributed by atoms with Crippen LogP contribution in [0.25, 0.3) is 0 Å². The molecule has 3 nitrogen and oxygen atoms in total. The molecule has 4 heteroatoms. The lowest BCUT2D eigenvalue weighted by molar-refractivity contribution is -0.693. The fourth-order valence-corrected chi connectivity index (χ4v) is 3.44. The minimum atomic E-state index is 0.176. The van der Waals surface area contributed by atoms with Crippen molar-refractivity contribution >= 4 is 11.6 Å². The molecule has 1 heterocycles. The summed E-state index contributed by atoms with van der Waals surface area (Å²) in [5.74, 6) is 2.05. The maximum atomic E-state index is 5.98. The first-order chi connectivity index (χ1) is 12.7. The number of quaternary nitrogens is 1. The van der Waals surface area contributed by atoms with Gasteiger partial charge in [0.25, 0.3) is 0 Å². The minimum absolute atomic E-state index is 0.176. The number of methoxy groups -OCH3 is 1. The number of ether oxygens (including phenoxy) is 1. The monoisotopic (exact) mass is 370 g/mol. The maximum Gasteiger partial charge on any atom is 0.122 e. The zero-order chi connectivity index (χ0) is 18.4. The predicted octanol–water partition coefficient (Wildman–Crippen LogP) is 4.79. The summed E-state index contributed by atoms with van der Waals surface area (Å²) in [6, 6.07) is 20.6. The van der Waals surface area contributed by atoms with Gasteiger partial charge in [-0.3, -0.25) is 0 Å². The normalized spacial score (nSPS) is 13.3. The second-order valence-corrected chi connectivity index (χ2v) is 6.90. The van der Waals surface area contributed by atoms with Crippen molar-refractivity contribution < 1.29 is 14.5 Å². The molecular weight excluding hydrogens is 346 g/mol. The average Bonchev–Trinajstić information content (AvgIpc) is 3.20. The Bertz CT molecular complexity index is 799. The number of halogens is 1. The highest BCUT2D eigenvalue weighted by atomic mass is 35.5. The van der Waals surface area contributed by atoms with Gasteiger partial charge >= 0.3 is 0 Å². The van der Waals surface area contributed by atoms with Gasteiger partial charge in [-0.25, -0.2) is 0 Å². The van der Waals surface area contributed by atoms with Crippen LogP contribution < -0.4 is 10.1 Å². The van der Waals surface area contributed by atoms with E-state index in [4.69, 9.17) is 20.8 Å². The van der Waals surface area contributed by atoms with Gasteiger partial charge in [0, 0.05) is 22.6 Å². The molecule has 0 bridgehead atoms. The number of hydrogen-bond donors (Lipinski definition) is 1. The zero-order valence-corrected chi connectivity index (χ0v) is 15.9. The Balaban J connectivity index is 1.70. The predicted molar refractivity (Wildman–Crippen MR) is 105 cm³/mol. The van der Waals surface area contributed by atoms with Crippen molar-refractivity contribution in [2.24, 2.45) is 0 Å². The molecule has 26 heavy (non-hydrogen) atoms. The lowest BCUT2D eigenvalue weighted by atomic mass is 9.92. The van der Waals surface area contributed by atoms with E-state index in [1.165, 1.54) is 5.56 Å². The smallest absolute Gasteiger partial charge is 0.122 e. The van der Waals surface area contributed by atoms with Crippen LogP contribution >= 0.6 is 11.6 Å². The van der Waals surface area contributed by atoms with E-state index >= 15 is 0 Å². The highest BCUT2D eigenvalue weighted by Gasteiger charge is 2.21. The van der Waals surface area contributed by atoms with Crippen molar-refractivity contribution in [3.05, 3.63) is 88.8 Å². The van der Waals surface area contributed by atoms with Crippen LogP contribution in [-0.4, -0.2) is 13.7 Å². The lowest BCUT2D eigenvalue weighted by Crippen LogP contribution is -2.84. The summed E-state index contributed by atoms with van der Waals surface area (Å²) in [6.45, 7) is 3.20. The van der Waals surface area contributed by atoms with E-state index in [9.17, 15) is 0 Å². The van der Waals surface area contributed by atoms with E-state index in [-0.39, 0.29) is 5.92 Å². The minimum Gasteiger partial charge on any atom is -0.496 e. The van der Waals surface area contributed by atoms with Crippen LogP contribution in [0.1, 0.15) is 42.2 Å². The molecule has 0 radical (unpaired) electrons. The summed E-state index contributed by atoms with van der Waals surface area (Å²) < 4.78 is 11.3. The highest BCUT2D eigenvalue weighted by molar-refractivity contribution is 6.30. The van der Waals surface area contributed by atoms with E-state index in [2.05, 4.69) is 30.4 Å². The first-order valence-electron chi connectivity index (χ1n) is 8.94. The Labute approximate surface area is 159 Å². The summed E-state index contributed by atoms with van der Waals surface area (Å²) in [5, 5.41) is 3.13. The van der Waals surface area contributed by atoms with Gasteiger partial charge in [0.15, 0.2) is 0 Å². The molecule has 3 rings (SSSR count). The van der Waals surface area contributed by atoms with Crippen LogP contribution in [-0.2, 0) is 0 Å². The molecule has 0 aliphatic heterocycles. The fraction of sp³-hybridized carbons (Fsp3) is 0.273. The van der Waals surface area contributed by atoms with Gasteiger partial charge in [-0.1, -0.05) is 41.9 Å². The molecule has 0 saturated heterocycles. The van der Waals surface area contributed by atoms with Crippen LogP contribution in [0.3, 0.4) is 0 Å². The van der Waals surface area contributed by atoms with E-state index < -0.39 is 0 Å². The Hall–Kier alpha value is -2.23. The van der Waals surface area contributed by atoms with E-state index in [1.54, 1.807) is 13.4 Å². The molecule has 2 atom stereocenters. The van der Waals surface area contributed by atoms with Crippen molar-refractivity contribution in [2.75, 3.05) is 13.7 Å². The molecule has 136 valence electrons. The van der Waals surface area contributed by atoms with Crippen molar-refractivity contribution in [2.45, 2.75) is 25.3 Å². The maximum absolute atomic E-state index is 5.98. The molecule has 0 amide bonds. The van der Waals surface area contributed by atoms with E-state index in [0.717, 1.165) is 35.1 Å². The van der Waals surface area contributed by atoms with Crippen molar-refractivity contribution in [1.29, 1.82) is 0 Å². The third-order valence-corrected chi connectivity index (χ3v) is 5.02. The number of hydrogen-bond acceptors (Lipinski definition) is 2. The van der Waals surface area contributed by atoms with Crippen LogP contribution in [0.2, 0.25) is 5.02 Å². The van der Waals surface area contributed by atoms with Crippen LogP contribution in [0.5, 0.6) is 5.75 Å². The number of benzene rings is 2. The first-order valence-corrected chi connectivity index (χ1v) is 9.32. The van der Waals surface area contributed by atoms with Gasteiger partial charge < -0.3 is 14.5 Å². The molecule has 0 unspecified atom stereocenters. The molecular formula is C22H25ClNO2+. The van der Waals surface area contributed by atoms with E-state index in [1.807, 2.05) is 42.5 Å². The van der Waals surface area contributed by atoms with Gasteiger partial charge in [0.1, 0.15) is 17.6 Å². The topological polar surface area (TPSA) is 39.0 Å². The molecule has 1 aromatic heterocycles. The average molecular weight is 371 g/mol. The third-order valence-electron chi connectivity index (χ3n) is 4.77. The Morgan fingerprint density at radius 3 is 2.50 bits per heavy atom. The first kappa shape index (κ1) is 18.6. The van der Waals surface area contributed by atoms with Crippen molar-refractivity contribution in [1.82, 2.24) is 0 Å². The van der Waals surface area contributed by atoms with Gasteiger partial charge in [0.05, 0.1) is 25.8 Å². The Morgan fingerprint density at radius 2 is 1.81 bits per heavy atom. The molecule has 2 N–H and O–H groups in total. The van der Waals surface area contributed by atoms with Crippen LogP contribution in [0.4, 0.5) is 0 Å². The molecule has 0 fully saturated rings. The summed E-state index contributed by atoms with van der Waals surface area (Å²) in [7, 11) is 1.72. The molecule has 0 saturated carbocycles. The SMILES string of the molecule is COc1ccccc1[C@@H](CC[NH2+][C@@H](C)c1ccc(Cl)cc1)c1ccco1. The molecule has 0 spiro atoms. The quantitative estimate of drug-likeness (QED) is 0.619. The largest absolute Gasteiger partial charge is 0.496 e. The van der Waals surface area contributed by atoms with Gasteiger partial charge in [-0.15, -0.1) is 0 Å². The van der Waals surface area contributed by atoms with Gasteiger partial charge in [-0.05, 0) is 37.3 Å². The highest BCUT2D eigenvalue weighted by Crippen LogP contribution is 2.34. The van der Waals surface area contributed by atoms with Crippen LogP contribution in [0, 0.1) is 0 Å². The standard InChI is InChI=1S/C22H24ClNO2/c1-16(17-9-11-18(23)12-10-17)24-14-13-20(22-8-5-15-26-22)19-6-3-4-7-21(19)25-2/h3-12,15-16,20,24H,13-14H2,1-2H3/p+1/t16-,20+/m0/s1. The zero-order valence-electron chi connectivity index (χ0n) is 15.2. The third kappa shape index (κ3) is 4.48. The summed E-state index contributed by atoms with van der Waals surface area (Å²) in [4.78, 5) is 0. The molecule has 0 aliphatic carbocycles. The summed E-state index contributed by atoms with van der Waals surface area (Å²) in [6.07, 6.45) is 2.70. The van der Waals surface area contributed by atoms with Crippen molar-refractivity contribution in [3.63, 3.8) is 0 Å². The molecule has 2 aromatic carbocycles. The Kier molecular flexibility index (Phi) is 6.37. The summed E-state index contributed by atoms with van der Waals surface area (Å²) in [5.41, 5.74) is 2.44. The fourth-order valence-electron chi connectivity index (χ4n) is 3.31. The second kappa shape index (κ2) is 8.93. The van der Waals surface area contributed by atoms with Gasteiger partial charge in [-0.2, -0.15) is 0 Å². The Morgan fingerprint density at radius 1 is 1.04 bits per heavy atom. The molecule has 3 aromatic rings. The second-order valence-electron chi connectivity index (χ2n) is 6.46. The number of furan rings is 1. The van der Waals surface area contributed by atoms with E-state index in [0.29, 0.717) is 6.04 Å². The van der Waals surface area contributed by atoms with Gasteiger partial charge in [0.2, 0.25) is 0 Å². The van der Waals surface area contributed by atoms with Crippen LogP contribution in [0.15, 0.2) is 71.3 Å². The number of rotatable bonds is 8. The lowest BCUT2D eigenvalue weighted by Gasteiger charge is -2.19.